The molecule has 1 aliphatic rings. The van der Waals surface area contributed by atoms with Gasteiger partial charge in [0.15, 0.2) is 0 Å². The minimum Gasteiger partial charge on any atom is -0.489 e. The predicted octanol–water partition coefficient (Wildman–Crippen LogP) is 4.55. The molecule has 0 radical (unpaired) electrons. The van der Waals surface area contributed by atoms with E-state index in [0.717, 1.165) is 25.0 Å². The van der Waals surface area contributed by atoms with Gasteiger partial charge >= 0.3 is 6.18 Å². The van der Waals surface area contributed by atoms with Crippen molar-refractivity contribution in [1.29, 1.82) is 0 Å². The molecule has 1 fully saturated rings. The van der Waals surface area contributed by atoms with Crippen molar-refractivity contribution >= 4 is 28.9 Å². The van der Waals surface area contributed by atoms with Gasteiger partial charge in [-0.15, -0.1) is 0 Å². The average molecular weight is 496 g/mol. The van der Waals surface area contributed by atoms with Crippen LogP contribution in [0.3, 0.4) is 0 Å². The number of nitrogens with one attached hydrogen (secondary N) is 2. The molecule has 180 valence electrons. The standard InChI is InChI=1S/C22H21ClF3N5O3/c23-15-4-6-20(34-11-16-2-1-7-33-16)18(9-15)28-10-21(32)30-17-8-14(22(24,25)26)3-5-19(17)31-13-27-12-29-31/h3-6,8-9,12-13,16,28H,1-2,7,10-11H2,(H,30,32). The summed E-state index contributed by atoms with van der Waals surface area (Å²) >= 11 is 6.08. The van der Waals surface area contributed by atoms with E-state index in [1.807, 2.05) is 0 Å². The summed E-state index contributed by atoms with van der Waals surface area (Å²) in [6.07, 6.45) is -0.129. The van der Waals surface area contributed by atoms with E-state index < -0.39 is 17.6 Å². The zero-order valence-corrected chi connectivity index (χ0v) is 18.6. The van der Waals surface area contributed by atoms with Crippen LogP contribution in [0.25, 0.3) is 5.69 Å². The van der Waals surface area contributed by atoms with Gasteiger partial charge in [0.05, 0.1) is 35.3 Å². The number of hydrogen-bond acceptors (Lipinski definition) is 6. The zero-order valence-electron chi connectivity index (χ0n) is 17.8. The van der Waals surface area contributed by atoms with Gasteiger partial charge < -0.3 is 20.1 Å². The summed E-state index contributed by atoms with van der Waals surface area (Å²) in [6, 6.07) is 7.91. The first-order valence-electron chi connectivity index (χ1n) is 10.4. The van der Waals surface area contributed by atoms with Crippen LogP contribution in [0.5, 0.6) is 5.75 Å². The van der Waals surface area contributed by atoms with E-state index in [1.165, 1.54) is 23.4 Å². The predicted molar refractivity (Wildman–Crippen MR) is 119 cm³/mol. The molecule has 8 nitrogen and oxygen atoms in total. The molecule has 1 saturated heterocycles. The van der Waals surface area contributed by atoms with Crippen molar-refractivity contribution in [1.82, 2.24) is 14.8 Å². The Morgan fingerprint density at radius 3 is 2.79 bits per heavy atom. The van der Waals surface area contributed by atoms with Gasteiger partial charge in [0.2, 0.25) is 5.91 Å². The normalized spacial score (nSPS) is 15.8. The second-order valence-electron chi connectivity index (χ2n) is 7.56. The highest BCUT2D eigenvalue weighted by atomic mass is 35.5. The maximum atomic E-state index is 13.2. The average Bonchev–Trinajstić information content (AvgIpc) is 3.51. The van der Waals surface area contributed by atoms with Crippen LogP contribution in [-0.2, 0) is 15.7 Å². The van der Waals surface area contributed by atoms with Crippen LogP contribution in [0.2, 0.25) is 5.02 Å². The molecule has 2 aromatic carbocycles. The third-order valence-electron chi connectivity index (χ3n) is 5.09. The van der Waals surface area contributed by atoms with Crippen LogP contribution in [0.15, 0.2) is 49.1 Å². The molecule has 34 heavy (non-hydrogen) atoms. The molecule has 1 aliphatic heterocycles. The third-order valence-corrected chi connectivity index (χ3v) is 5.33. The molecular formula is C22H21ClF3N5O3. The SMILES string of the molecule is O=C(CNc1cc(Cl)ccc1OCC1CCCO1)Nc1cc(C(F)(F)F)ccc1-n1cncn1. The van der Waals surface area contributed by atoms with Crippen molar-refractivity contribution in [2.24, 2.45) is 0 Å². The van der Waals surface area contributed by atoms with Crippen molar-refractivity contribution in [3.05, 3.63) is 59.6 Å². The fraction of sp³-hybridized carbons (Fsp3) is 0.318. The Morgan fingerprint density at radius 2 is 2.09 bits per heavy atom. The number of ether oxygens (including phenoxy) is 2. The number of benzene rings is 2. The second-order valence-corrected chi connectivity index (χ2v) is 7.99. The Labute approximate surface area is 198 Å². The van der Waals surface area contributed by atoms with Crippen molar-refractivity contribution in [2.45, 2.75) is 25.1 Å². The number of aromatic nitrogens is 3. The van der Waals surface area contributed by atoms with E-state index in [1.54, 1.807) is 18.2 Å². The van der Waals surface area contributed by atoms with Crippen LogP contribution < -0.4 is 15.4 Å². The smallest absolute Gasteiger partial charge is 0.416 e. The number of rotatable bonds is 8. The molecule has 4 rings (SSSR count). The van der Waals surface area contributed by atoms with Crippen molar-refractivity contribution < 1.29 is 27.4 Å². The number of carbonyl (C=O) groups is 1. The van der Waals surface area contributed by atoms with Crippen LogP contribution >= 0.6 is 11.6 Å². The maximum Gasteiger partial charge on any atom is 0.416 e. The van der Waals surface area contributed by atoms with Crippen molar-refractivity contribution in [2.75, 3.05) is 30.4 Å². The number of nitrogens with zero attached hydrogens (tertiary/aromatic N) is 3. The molecule has 0 aliphatic carbocycles. The molecule has 1 unspecified atom stereocenters. The van der Waals surface area contributed by atoms with Crippen LogP contribution in [0.4, 0.5) is 24.5 Å². The summed E-state index contributed by atoms with van der Waals surface area (Å²) in [5.41, 5.74) is -0.254. The zero-order chi connectivity index (χ0) is 24.1. The molecule has 2 N–H and O–H groups in total. The van der Waals surface area contributed by atoms with Crippen molar-refractivity contribution in [3.8, 4) is 11.4 Å². The summed E-state index contributed by atoms with van der Waals surface area (Å²) in [6.45, 7) is 0.809. The van der Waals surface area contributed by atoms with E-state index in [2.05, 4.69) is 20.7 Å². The van der Waals surface area contributed by atoms with Gasteiger partial charge in [0.25, 0.3) is 0 Å². The van der Waals surface area contributed by atoms with Crippen molar-refractivity contribution in [3.63, 3.8) is 0 Å². The fourth-order valence-corrected chi connectivity index (χ4v) is 3.61. The number of hydrogen-bond donors (Lipinski definition) is 2. The lowest BCUT2D eigenvalue weighted by Crippen LogP contribution is -2.23. The molecule has 0 bridgehead atoms. The van der Waals surface area contributed by atoms with Gasteiger partial charge in [-0.2, -0.15) is 18.3 Å². The number of amides is 1. The van der Waals surface area contributed by atoms with E-state index in [-0.39, 0.29) is 24.0 Å². The highest BCUT2D eigenvalue weighted by Gasteiger charge is 2.31. The van der Waals surface area contributed by atoms with Crippen LogP contribution in [-0.4, -0.2) is 46.5 Å². The lowest BCUT2D eigenvalue weighted by Gasteiger charge is -2.17. The quantitative estimate of drug-likeness (QED) is 0.476. The van der Waals surface area contributed by atoms with Crippen LogP contribution in [0, 0.1) is 0 Å². The Morgan fingerprint density at radius 1 is 1.24 bits per heavy atom. The Bertz CT molecular complexity index is 1140. The molecule has 1 aromatic heterocycles. The number of halogens is 4. The Hall–Kier alpha value is -3.31. The van der Waals surface area contributed by atoms with Gasteiger partial charge in [0, 0.05) is 11.6 Å². The molecule has 1 atom stereocenters. The fourth-order valence-electron chi connectivity index (χ4n) is 3.44. The first-order chi connectivity index (χ1) is 16.3. The molecule has 0 spiro atoms. The molecule has 1 amide bonds. The lowest BCUT2D eigenvalue weighted by molar-refractivity contribution is -0.137. The molecule has 3 aromatic rings. The molecule has 0 saturated carbocycles. The Kier molecular flexibility index (Phi) is 7.23. The minimum atomic E-state index is -4.57. The maximum absolute atomic E-state index is 13.2. The summed E-state index contributed by atoms with van der Waals surface area (Å²) in [4.78, 5) is 16.4. The topological polar surface area (TPSA) is 90.3 Å². The second kappa shape index (κ2) is 10.3. The largest absolute Gasteiger partial charge is 0.489 e. The monoisotopic (exact) mass is 495 g/mol. The number of alkyl halides is 3. The van der Waals surface area contributed by atoms with Gasteiger partial charge in [0.1, 0.15) is 25.0 Å². The third kappa shape index (κ3) is 5.97. The minimum absolute atomic E-state index is 0.00272. The van der Waals surface area contributed by atoms with Gasteiger partial charge in [-0.05, 0) is 49.2 Å². The van der Waals surface area contributed by atoms with E-state index in [0.29, 0.717) is 29.7 Å². The van der Waals surface area contributed by atoms with Gasteiger partial charge in [-0.1, -0.05) is 11.6 Å². The summed E-state index contributed by atoms with van der Waals surface area (Å²) in [7, 11) is 0. The highest BCUT2D eigenvalue weighted by molar-refractivity contribution is 6.31. The van der Waals surface area contributed by atoms with Gasteiger partial charge in [-0.25, -0.2) is 9.67 Å². The van der Waals surface area contributed by atoms with Crippen LogP contribution in [0.1, 0.15) is 18.4 Å². The summed E-state index contributed by atoms with van der Waals surface area (Å²) in [5, 5.41) is 9.80. The number of anilines is 2. The molecular weight excluding hydrogens is 475 g/mol. The van der Waals surface area contributed by atoms with E-state index >= 15 is 0 Å². The lowest BCUT2D eigenvalue weighted by atomic mass is 10.1. The highest BCUT2D eigenvalue weighted by Crippen LogP contribution is 2.33. The van der Waals surface area contributed by atoms with E-state index in [4.69, 9.17) is 21.1 Å². The first kappa shape index (κ1) is 23.8. The Balaban J connectivity index is 1.46. The first-order valence-corrected chi connectivity index (χ1v) is 10.8. The van der Waals surface area contributed by atoms with Gasteiger partial charge in [-0.3, -0.25) is 4.79 Å². The summed E-state index contributed by atoms with van der Waals surface area (Å²) < 4.78 is 52.3. The molecule has 2 heterocycles. The molecule has 12 heteroatoms. The summed E-state index contributed by atoms with van der Waals surface area (Å²) in [5.74, 6) is -0.0965. The van der Waals surface area contributed by atoms with E-state index in [9.17, 15) is 18.0 Å². The number of carbonyl (C=O) groups excluding carboxylic acids is 1.